The van der Waals surface area contributed by atoms with Crippen molar-refractivity contribution in [1.29, 1.82) is 0 Å². The molecular formula is C15H26N2O3S. The maximum Gasteiger partial charge on any atom is 0.240 e. The lowest BCUT2D eigenvalue weighted by Crippen LogP contribution is -2.25. The molecule has 6 heteroatoms. The summed E-state index contributed by atoms with van der Waals surface area (Å²) in [7, 11) is -3.43. The lowest BCUT2D eigenvalue weighted by molar-refractivity contribution is 0.306. The predicted molar refractivity (Wildman–Crippen MR) is 84.9 cm³/mol. The van der Waals surface area contributed by atoms with Crippen LogP contribution in [0.25, 0.3) is 0 Å². The van der Waals surface area contributed by atoms with E-state index in [-0.39, 0.29) is 4.90 Å². The van der Waals surface area contributed by atoms with Crippen LogP contribution in [0, 0.1) is 0 Å². The normalized spacial score (nSPS) is 11.5. The standard InChI is InChI=1S/C15H26N2O3S/c1-2-3-6-13-20-14-7-9-15(10-8-14)21(18,19)17-12-5-4-11-16/h7-10,17H,2-6,11-13,16H2,1H3. The van der Waals surface area contributed by atoms with Gasteiger partial charge in [0.2, 0.25) is 10.0 Å². The Kier molecular flexibility index (Phi) is 8.34. The molecule has 0 aromatic heterocycles. The zero-order valence-electron chi connectivity index (χ0n) is 12.7. The van der Waals surface area contributed by atoms with Crippen LogP contribution in [-0.2, 0) is 10.0 Å². The van der Waals surface area contributed by atoms with E-state index in [0.717, 1.165) is 32.1 Å². The third kappa shape index (κ3) is 6.93. The van der Waals surface area contributed by atoms with Gasteiger partial charge in [0.1, 0.15) is 5.75 Å². The summed E-state index contributed by atoms with van der Waals surface area (Å²) in [6.07, 6.45) is 4.86. The molecule has 3 N–H and O–H groups in total. The van der Waals surface area contributed by atoms with Crippen LogP contribution in [-0.4, -0.2) is 28.1 Å². The SMILES string of the molecule is CCCCCOc1ccc(S(=O)(=O)NCCCCN)cc1. The molecular weight excluding hydrogens is 288 g/mol. The van der Waals surface area contributed by atoms with E-state index in [4.69, 9.17) is 10.5 Å². The first-order valence-corrected chi connectivity index (χ1v) is 9.01. The summed E-state index contributed by atoms with van der Waals surface area (Å²) in [6.45, 7) is 3.79. The summed E-state index contributed by atoms with van der Waals surface area (Å²) in [5.41, 5.74) is 5.37. The lowest BCUT2D eigenvalue weighted by atomic mass is 10.3. The Labute approximate surface area is 127 Å². The van der Waals surface area contributed by atoms with Crippen LogP contribution < -0.4 is 15.2 Å². The number of benzene rings is 1. The first-order chi connectivity index (χ1) is 10.1. The molecule has 1 aromatic rings. The number of nitrogens with one attached hydrogen (secondary N) is 1. The minimum atomic E-state index is -3.43. The molecule has 21 heavy (non-hydrogen) atoms. The molecule has 5 nitrogen and oxygen atoms in total. The number of hydrogen-bond acceptors (Lipinski definition) is 4. The Morgan fingerprint density at radius 2 is 1.81 bits per heavy atom. The van der Waals surface area contributed by atoms with Crippen LogP contribution in [0.3, 0.4) is 0 Å². The highest BCUT2D eigenvalue weighted by molar-refractivity contribution is 7.89. The minimum absolute atomic E-state index is 0.260. The number of unbranched alkanes of at least 4 members (excludes halogenated alkanes) is 3. The van der Waals surface area contributed by atoms with Gasteiger partial charge >= 0.3 is 0 Å². The molecule has 0 saturated carbocycles. The fourth-order valence-electron chi connectivity index (χ4n) is 1.82. The van der Waals surface area contributed by atoms with Crippen molar-refractivity contribution in [3.63, 3.8) is 0 Å². The Morgan fingerprint density at radius 3 is 2.43 bits per heavy atom. The van der Waals surface area contributed by atoms with Gasteiger partial charge in [-0.25, -0.2) is 13.1 Å². The van der Waals surface area contributed by atoms with E-state index in [9.17, 15) is 8.42 Å². The van der Waals surface area contributed by atoms with E-state index in [1.165, 1.54) is 0 Å². The van der Waals surface area contributed by atoms with Gasteiger partial charge in [-0.15, -0.1) is 0 Å². The lowest BCUT2D eigenvalue weighted by Gasteiger charge is -2.08. The molecule has 0 spiro atoms. The Bertz CT molecular complexity index is 486. The van der Waals surface area contributed by atoms with Crippen molar-refractivity contribution in [3.05, 3.63) is 24.3 Å². The second-order valence-electron chi connectivity index (χ2n) is 4.92. The molecule has 0 heterocycles. The van der Waals surface area contributed by atoms with Crippen molar-refractivity contribution in [2.75, 3.05) is 19.7 Å². The van der Waals surface area contributed by atoms with Gasteiger partial charge in [-0.05, 0) is 50.1 Å². The zero-order chi connectivity index (χ0) is 15.6. The molecule has 0 unspecified atom stereocenters. The summed E-state index contributed by atoms with van der Waals surface area (Å²) in [5.74, 6) is 0.702. The van der Waals surface area contributed by atoms with Crippen molar-refractivity contribution in [3.8, 4) is 5.75 Å². The molecule has 0 aliphatic heterocycles. The minimum Gasteiger partial charge on any atom is -0.494 e. The van der Waals surface area contributed by atoms with E-state index in [1.54, 1.807) is 24.3 Å². The molecule has 0 amide bonds. The number of hydrogen-bond donors (Lipinski definition) is 2. The Balaban J connectivity index is 2.48. The number of nitrogens with two attached hydrogens (primary N) is 1. The van der Waals surface area contributed by atoms with Crippen LogP contribution >= 0.6 is 0 Å². The van der Waals surface area contributed by atoms with E-state index < -0.39 is 10.0 Å². The van der Waals surface area contributed by atoms with Crippen LogP contribution in [0.5, 0.6) is 5.75 Å². The molecule has 0 saturated heterocycles. The van der Waals surface area contributed by atoms with E-state index >= 15 is 0 Å². The largest absolute Gasteiger partial charge is 0.494 e. The molecule has 0 aliphatic rings. The molecule has 0 fully saturated rings. The highest BCUT2D eigenvalue weighted by atomic mass is 32.2. The van der Waals surface area contributed by atoms with Crippen LogP contribution in [0.15, 0.2) is 29.2 Å². The second kappa shape index (κ2) is 9.76. The molecule has 0 bridgehead atoms. The summed E-state index contributed by atoms with van der Waals surface area (Å²) < 4.78 is 32.2. The topological polar surface area (TPSA) is 81.4 Å². The van der Waals surface area contributed by atoms with Gasteiger partial charge in [0, 0.05) is 6.54 Å². The van der Waals surface area contributed by atoms with Crippen LogP contribution in [0.4, 0.5) is 0 Å². The van der Waals surface area contributed by atoms with Gasteiger partial charge in [0.15, 0.2) is 0 Å². The van der Waals surface area contributed by atoms with Crippen molar-refractivity contribution in [1.82, 2.24) is 4.72 Å². The smallest absolute Gasteiger partial charge is 0.240 e. The fraction of sp³-hybridized carbons (Fsp3) is 0.600. The van der Waals surface area contributed by atoms with Crippen molar-refractivity contribution < 1.29 is 13.2 Å². The summed E-state index contributed by atoms with van der Waals surface area (Å²) >= 11 is 0. The number of rotatable bonds is 11. The summed E-state index contributed by atoms with van der Waals surface area (Å²) in [4.78, 5) is 0.260. The zero-order valence-corrected chi connectivity index (χ0v) is 13.5. The van der Waals surface area contributed by atoms with E-state index in [0.29, 0.717) is 25.4 Å². The van der Waals surface area contributed by atoms with Crippen molar-refractivity contribution >= 4 is 10.0 Å². The average Bonchev–Trinajstić information content (AvgIpc) is 2.49. The second-order valence-corrected chi connectivity index (χ2v) is 6.69. The van der Waals surface area contributed by atoms with Gasteiger partial charge in [-0.2, -0.15) is 0 Å². The van der Waals surface area contributed by atoms with Crippen molar-refractivity contribution in [2.45, 2.75) is 43.9 Å². The van der Waals surface area contributed by atoms with E-state index in [1.807, 2.05) is 0 Å². The third-order valence-electron chi connectivity index (χ3n) is 3.07. The van der Waals surface area contributed by atoms with Crippen LogP contribution in [0.1, 0.15) is 39.0 Å². The summed E-state index contributed by atoms with van der Waals surface area (Å²) in [5, 5.41) is 0. The monoisotopic (exact) mass is 314 g/mol. The summed E-state index contributed by atoms with van der Waals surface area (Å²) in [6, 6.07) is 6.53. The van der Waals surface area contributed by atoms with Gasteiger partial charge in [-0.1, -0.05) is 19.8 Å². The quantitative estimate of drug-likeness (QED) is 0.614. The molecule has 1 rings (SSSR count). The average molecular weight is 314 g/mol. The van der Waals surface area contributed by atoms with Crippen LogP contribution in [0.2, 0.25) is 0 Å². The molecule has 0 aliphatic carbocycles. The maximum absolute atomic E-state index is 12.0. The third-order valence-corrected chi connectivity index (χ3v) is 4.55. The maximum atomic E-state index is 12.0. The molecule has 0 atom stereocenters. The van der Waals surface area contributed by atoms with E-state index in [2.05, 4.69) is 11.6 Å². The van der Waals surface area contributed by atoms with Gasteiger partial charge in [-0.3, -0.25) is 0 Å². The highest BCUT2D eigenvalue weighted by Crippen LogP contribution is 2.16. The number of ether oxygens (including phenoxy) is 1. The Hall–Kier alpha value is -1.11. The molecule has 1 aromatic carbocycles. The first-order valence-electron chi connectivity index (χ1n) is 7.52. The molecule has 120 valence electrons. The van der Waals surface area contributed by atoms with Crippen molar-refractivity contribution in [2.24, 2.45) is 5.73 Å². The van der Waals surface area contributed by atoms with Gasteiger partial charge < -0.3 is 10.5 Å². The van der Waals surface area contributed by atoms with Gasteiger partial charge in [0.05, 0.1) is 11.5 Å². The first kappa shape index (κ1) is 17.9. The molecule has 0 radical (unpaired) electrons. The fourth-order valence-corrected chi connectivity index (χ4v) is 2.89. The highest BCUT2D eigenvalue weighted by Gasteiger charge is 2.12. The Morgan fingerprint density at radius 1 is 1.10 bits per heavy atom. The predicted octanol–water partition coefficient (Wildman–Crippen LogP) is 2.27. The number of sulfonamides is 1. The van der Waals surface area contributed by atoms with Gasteiger partial charge in [0.25, 0.3) is 0 Å².